The Morgan fingerprint density at radius 1 is 1.35 bits per heavy atom. The summed E-state index contributed by atoms with van der Waals surface area (Å²) >= 11 is 0. The average Bonchev–Trinajstić information content (AvgIpc) is 2.82. The van der Waals surface area contributed by atoms with E-state index in [1.165, 1.54) is 6.20 Å². The third-order valence-corrected chi connectivity index (χ3v) is 4.06. The molecule has 2 rings (SSSR count). The molecular weight excluding hydrogens is 298 g/mol. The van der Waals surface area contributed by atoms with Crippen LogP contribution in [0, 0.1) is 0 Å². The van der Waals surface area contributed by atoms with Crippen molar-refractivity contribution in [3.05, 3.63) is 42.1 Å². The molecule has 0 aliphatic heterocycles. The van der Waals surface area contributed by atoms with Gasteiger partial charge in [-0.25, -0.2) is 13.4 Å². The first kappa shape index (κ1) is 15.0. The van der Waals surface area contributed by atoms with Crippen molar-refractivity contribution in [1.29, 1.82) is 0 Å². The maximum absolute atomic E-state index is 11.4. The zero-order chi connectivity index (χ0) is 14.8. The number of aryl methyl sites for hydroxylation is 2. The van der Waals surface area contributed by atoms with Gasteiger partial charge in [-0.1, -0.05) is 19.9 Å². The van der Waals surface area contributed by atoms with Crippen molar-refractivity contribution in [2.45, 2.75) is 37.8 Å². The van der Waals surface area contributed by atoms with E-state index in [0.29, 0.717) is 18.8 Å². The third-order valence-electron chi connectivity index (χ3n) is 2.89. The quantitative estimate of drug-likeness (QED) is 0.796. The molecule has 2 heterocycles. The maximum atomic E-state index is 11.4. The van der Waals surface area contributed by atoms with E-state index in [4.69, 9.17) is 10.7 Å². The predicted octanol–water partition coefficient (Wildman–Crippen LogP) is 2.57. The first-order valence-corrected chi connectivity index (χ1v) is 8.60. The normalized spacial score (nSPS) is 12.0. The number of rotatable bonds is 5. The highest BCUT2D eigenvalue weighted by Gasteiger charge is 2.19. The van der Waals surface area contributed by atoms with Crippen LogP contribution in [0.4, 0.5) is 0 Å². The molecule has 0 aromatic carbocycles. The molecule has 0 fully saturated rings. The van der Waals surface area contributed by atoms with Crippen molar-refractivity contribution in [2.24, 2.45) is 0 Å². The van der Waals surface area contributed by atoms with Crippen molar-refractivity contribution < 1.29 is 8.42 Å². The van der Waals surface area contributed by atoms with Crippen molar-refractivity contribution in [1.82, 2.24) is 14.5 Å². The molecule has 0 saturated heterocycles. The van der Waals surface area contributed by atoms with Gasteiger partial charge in [0.05, 0.1) is 0 Å². The van der Waals surface area contributed by atoms with Gasteiger partial charge in [0.15, 0.2) is 5.03 Å². The predicted molar refractivity (Wildman–Crippen MR) is 77.3 cm³/mol. The second-order valence-corrected chi connectivity index (χ2v) is 7.31. The lowest BCUT2D eigenvalue weighted by Crippen LogP contribution is -2.07. The Morgan fingerprint density at radius 2 is 2.10 bits per heavy atom. The van der Waals surface area contributed by atoms with E-state index in [9.17, 15) is 8.42 Å². The standard InChI is InChI=1S/C13H16ClN3O2S/c1-10(2)13-16-12(20(14,18)19)9-17(13)8-6-11-5-3-4-7-15-11/h3-5,7,9-10H,6,8H2,1-2H3. The summed E-state index contributed by atoms with van der Waals surface area (Å²) < 4.78 is 24.6. The Balaban J connectivity index is 2.24. The minimum Gasteiger partial charge on any atom is -0.333 e. The molecule has 7 heteroatoms. The average molecular weight is 314 g/mol. The van der Waals surface area contributed by atoms with Gasteiger partial charge in [0.2, 0.25) is 0 Å². The van der Waals surface area contributed by atoms with E-state index in [1.54, 1.807) is 6.20 Å². The monoisotopic (exact) mass is 313 g/mol. The van der Waals surface area contributed by atoms with Crippen LogP contribution >= 0.6 is 10.7 Å². The van der Waals surface area contributed by atoms with Crippen molar-refractivity contribution in [3.63, 3.8) is 0 Å². The molecule has 108 valence electrons. The molecule has 0 bridgehead atoms. The molecule has 0 spiro atoms. The Bertz CT molecular complexity index is 681. The Labute approximate surface area is 123 Å². The lowest BCUT2D eigenvalue weighted by molar-refractivity contribution is 0.606. The van der Waals surface area contributed by atoms with Gasteiger partial charge in [0.25, 0.3) is 9.05 Å². The molecule has 2 aromatic heterocycles. The maximum Gasteiger partial charge on any atom is 0.280 e. The van der Waals surface area contributed by atoms with Crippen LogP contribution in [0.5, 0.6) is 0 Å². The summed E-state index contributed by atoms with van der Waals surface area (Å²) in [5.74, 6) is 0.825. The molecule has 0 unspecified atom stereocenters. The van der Waals surface area contributed by atoms with E-state index in [1.807, 2.05) is 36.6 Å². The number of pyridine rings is 1. The smallest absolute Gasteiger partial charge is 0.280 e. The van der Waals surface area contributed by atoms with Crippen LogP contribution in [-0.4, -0.2) is 23.0 Å². The highest BCUT2D eigenvalue weighted by molar-refractivity contribution is 8.13. The summed E-state index contributed by atoms with van der Waals surface area (Å²) in [6.45, 7) is 4.54. The summed E-state index contributed by atoms with van der Waals surface area (Å²) in [5, 5.41) is -0.0936. The fraction of sp³-hybridized carbons (Fsp3) is 0.385. The third kappa shape index (κ3) is 3.58. The van der Waals surface area contributed by atoms with Crippen LogP contribution in [0.15, 0.2) is 35.6 Å². The van der Waals surface area contributed by atoms with Crippen LogP contribution < -0.4 is 0 Å². The molecule has 0 saturated carbocycles. The molecule has 0 aliphatic carbocycles. The van der Waals surface area contributed by atoms with E-state index >= 15 is 0 Å². The minimum absolute atomic E-state index is 0.0936. The Hall–Kier alpha value is -1.40. The number of imidazole rings is 1. The first-order valence-electron chi connectivity index (χ1n) is 6.29. The topological polar surface area (TPSA) is 64.8 Å². The van der Waals surface area contributed by atoms with Gasteiger partial charge in [0.1, 0.15) is 5.82 Å². The lowest BCUT2D eigenvalue weighted by Gasteiger charge is -2.09. The molecular formula is C13H16ClN3O2S. The van der Waals surface area contributed by atoms with E-state index in [0.717, 1.165) is 5.69 Å². The van der Waals surface area contributed by atoms with Crippen molar-refractivity contribution in [3.8, 4) is 0 Å². The van der Waals surface area contributed by atoms with Crippen LogP contribution in [0.2, 0.25) is 0 Å². The van der Waals surface area contributed by atoms with Gasteiger partial charge in [-0.3, -0.25) is 4.98 Å². The summed E-state index contributed by atoms with van der Waals surface area (Å²) in [5.41, 5.74) is 0.950. The number of nitrogens with zero attached hydrogens (tertiary/aromatic N) is 3. The van der Waals surface area contributed by atoms with Gasteiger partial charge in [0, 0.05) is 47.7 Å². The highest BCUT2D eigenvalue weighted by atomic mass is 35.7. The van der Waals surface area contributed by atoms with E-state index < -0.39 is 9.05 Å². The molecule has 0 radical (unpaired) electrons. The van der Waals surface area contributed by atoms with Crippen LogP contribution in [0.25, 0.3) is 0 Å². The molecule has 0 atom stereocenters. The van der Waals surface area contributed by atoms with E-state index in [2.05, 4.69) is 9.97 Å². The molecule has 0 aliphatic rings. The van der Waals surface area contributed by atoms with E-state index in [-0.39, 0.29) is 10.9 Å². The lowest BCUT2D eigenvalue weighted by atomic mass is 10.2. The summed E-state index contributed by atoms with van der Waals surface area (Å²) in [4.78, 5) is 8.36. The van der Waals surface area contributed by atoms with Gasteiger partial charge < -0.3 is 4.57 Å². The summed E-state index contributed by atoms with van der Waals surface area (Å²) in [6, 6.07) is 5.72. The Morgan fingerprint density at radius 3 is 2.65 bits per heavy atom. The van der Waals surface area contributed by atoms with Crippen LogP contribution in [0.3, 0.4) is 0 Å². The second-order valence-electron chi connectivity index (χ2n) is 4.79. The van der Waals surface area contributed by atoms with Crippen LogP contribution in [-0.2, 0) is 22.0 Å². The van der Waals surface area contributed by atoms with Crippen molar-refractivity contribution >= 4 is 19.7 Å². The number of hydrogen-bond donors (Lipinski definition) is 0. The zero-order valence-electron chi connectivity index (χ0n) is 11.3. The van der Waals surface area contributed by atoms with Gasteiger partial charge >= 0.3 is 0 Å². The number of halogens is 1. The molecule has 2 aromatic rings. The zero-order valence-corrected chi connectivity index (χ0v) is 12.9. The summed E-state index contributed by atoms with van der Waals surface area (Å²) in [7, 11) is 1.55. The Kier molecular flexibility index (Phi) is 4.45. The first-order chi connectivity index (χ1) is 9.38. The van der Waals surface area contributed by atoms with Gasteiger partial charge in [-0.15, -0.1) is 0 Å². The fourth-order valence-electron chi connectivity index (χ4n) is 1.94. The largest absolute Gasteiger partial charge is 0.333 e. The molecule has 0 amide bonds. The number of hydrogen-bond acceptors (Lipinski definition) is 4. The SMILES string of the molecule is CC(C)c1nc(S(=O)(=O)Cl)cn1CCc1ccccn1. The molecule has 5 nitrogen and oxygen atoms in total. The van der Waals surface area contributed by atoms with Gasteiger partial charge in [-0.05, 0) is 12.1 Å². The van der Waals surface area contributed by atoms with Crippen molar-refractivity contribution in [2.75, 3.05) is 0 Å². The molecule has 20 heavy (non-hydrogen) atoms. The second kappa shape index (κ2) is 5.93. The van der Waals surface area contributed by atoms with Gasteiger partial charge in [-0.2, -0.15) is 0 Å². The molecule has 0 N–H and O–H groups in total. The fourth-order valence-corrected chi connectivity index (χ4v) is 2.62. The highest BCUT2D eigenvalue weighted by Crippen LogP contribution is 2.20. The summed E-state index contributed by atoms with van der Waals surface area (Å²) in [6.07, 6.45) is 3.93. The number of aromatic nitrogens is 3. The minimum atomic E-state index is -3.80. The van der Waals surface area contributed by atoms with Crippen LogP contribution in [0.1, 0.15) is 31.3 Å².